The van der Waals surface area contributed by atoms with Gasteiger partial charge < -0.3 is 0 Å². The van der Waals surface area contributed by atoms with Crippen molar-refractivity contribution in [1.29, 1.82) is 0 Å². The molecule has 25 heavy (non-hydrogen) atoms. The first-order valence-corrected chi connectivity index (χ1v) is 31.5. The van der Waals surface area contributed by atoms with Crippen molar-refractivity contribution in [3.63, 3.8) is 0 Å². The summed E-state index contributed by atoms with van der Waals surface area (Å²) in [5, 5.41) is 0. The molecule has 136 valence electrons. The minimum atomic E-state index is -2.02. The molecule has 0 bridgehead atoms. The van der Waals surface area contributed by atoms with E-state index in [1.165, 1.54) is 0 Å². The molecule has 0 heterocycles. The van der Waals surface area contributed by atoms with E-state index in [2.05, 4.69) is 116 Å². The summed E-state index contributed by atoms with van der Waals surface area (Å²) in [4.78, 5) is 7.08. The molecule has 0 N–H and O–H groups in total. The van der Waals surface area contributed by atoms with Gasteiger partial charge in [-0.05, 0) is 0 Å². The summed E-state index contributed by atoms with van der Waals surface area (Å²) in [7, 11) is -6.67. The van der Waals surface area contributed by atoms with Crippen molar-refractivity contribution in [1.82, 2.24) is 0 Å². The van der Waals surface area contributed by atoms with Crippen LogP contribution in [-0.4, -0.2) is 50.7 Å². The molecule has 0 aromatic carbocycles. The predicted molar refractivity (Wildman–Crippen MR) is 130 cm³/mol. The van der Waals surface area contributed by atoms with E-state index in [0.29, 0.717) is 0 Å². The molecule has 5 heteroatoms. The van der Waals surface area contributed by atoms with Gasteiger partial charge in [-0.2, -0.15) is 0 Å². The van der Waals surface area contributed by atoms with Gasteiger partial charge in [0.25, 0.3) is 0 Å². The Hall–Kier alpha value is -0.0938. The first-order valence-electron chi connectivity index (χ1n) is 9.00. The summed E-state index contributed by atoms with van der Waals surface area (Å²) in [6.07, 6.45) is 0. The van der Waals surface area contributed by atoms with Crippen LogP contribution in [0.2, 0.25) is 73.7 Å². The summed E-state index contributed by atoms with van der Waals surface area (Å²) in [6.45, 7) is 20.4. The fourth-order valence-corrected chi connectivity index (χ4v) is 15.9. The van der Waals surface area contributed by atoms with Crippen LogP contribution in [0, 0.1) is 42.7 Å². The third-order valence-corrected chi connectivity index (χ3v) is 12.2. The van der Waals surface area contributed by atoms with Gasteiger partial charge >= 0.3 is 148 Å². The van der Waals surface area contributed by atoms with Crippen LogP contribution < -0.4 is 0 Å². The van der Waals surface area contributed by atoms with Crippen LogP contribution in [0.15, 0.2) is 0 Å². The standard InChI is InChI=1S/C17H27Si4.3CH3.Sn/c1-11-19(5,6)14-15-21(9,10)17-16-20(7,8)13-12-18(2,3)4;;;;/h2-10H3;3*1H3;. The predicted octanol–water partition coefficient (Wildman–Crippen LogP) is 5.12. The van der Waals surface area contributed by atoms with E-state index in [4.69, 9.17) is 0 Å². The van der Waals surface area contributed by atoms with Crippen LogP contribution >= 0.6 is 0 Å². The molecule has 0 radical (unpaired) electrons. The van der Waals surface area contributed by atoms with E-state index in [-0.39, 0.29) is 0 Å². The van der Waals surface area contributed by atoms with E-state index in [1.807, 2.05) is 0 Å². The molecule has 0 saturated heterocycles. The van der Waals surface area contributed by atoms with Gasteiger partial charge in [-0.1, -0.05) is 19.6 Å². The van der Waals surface area contributed by atoms with E-state index in [0.717, 1.165) is 0 Å². The Balaban J connectivity index is 5.45. The van der Waals surface area contributed by atoms with E-state index >= 15 is 0 Å². The second-order valence-corrected chi connectivity index (χ2v) is 39.9. The van der Waals surface area contributed by atoms with Crippen molar-refractivity contribution in [2.24, 2.45) is 0 Å². The number of hydrogen-bond acceptors (Lipinski definition) is 0. The number of hydrogen-bond donors (Lipinski definition) is 0. The van der Waals surface area contributed by atoms with Crippen molar-refractivity contribution >= 4 is 50.7 Å². The zero-order chi connectivity index (χ0) is 20.2. The van der Waals surface area contributed by atoms with Crippen LogP contribution in [0.3, 0.4) is 0 Å². The van der Waals surface area contributed by atoms with Gasteiger partial charge in [-0.25, -0.2) is 0 Å². The van der Waals surface area contributed by atoms with Crippen molar-refractivity contribution in [2.75, 3.05) is 0 Å². The van der Waals surface area contributed by atoms with Gasteiger partial charge in [0, 0.05) is 0 Å². The van der Waals surface area contributed by atoms with E-state index < -0.39 is 50.7 Å². The molecule has 0 amide bonds. The SMILES string of the molecule is C[Si](C)(C)C#C[Si](C)(C)C#C[Si](C)(C)C#C[Si](C)(C)C#[C][Sn]([CH3])([CH3])[CH3]. The first-order chi connectivity index (χ1) is 10.8. The topological polar surface area (TPSA) is 0 Å². The summed E-state index contributed by atoms with van der Waals surface area (Å²) < 4.78 is 3.58. The Labute approximate surface area is 166 Å². The van der Waals surface area contributed by atoms with Gasteiger partial charge in [-0.3, -0.25) is 0 Å². The second-order valence-electron chi connectivity index (χ2n) is 10.4. The average molecular weight is 508 g/mol. The molecule has 0 fully saturated rings. The maximum atomic E-state index is 3.58. The van der Waals surface area contributed by atoms with Crippen molar-refractivity contribution in [3.05, 3.63) is 0 Å². The van der Waals surface area contributed by atoms with Crippen LogP contribution in [0.1, 0.15) is 0 Å². The fraction of sp³-hybridized carbons (Fsp3) is 0.600. The van der Waals surface area contributed by atoms with Crippen molar-refractivity contribution < 1.29 is 0 Å². The van der Waals surface area contributed by atoms with Gasteiger partial charge in [0.15, 0.2) is 0 Å². The Bertz CT molecular complexity index is 667. The quantitative estimate of drug-likeness (QED) is 0.316. The van der Waals surface area contributed by atoms with Crippen LogP contribution in [0.5, 0.6) is 0 Å². The van der Waals surface area contributed by atoms with E-state index in [1.54, 1.807) is 0 Å². The van der Waals surface area contributed by atoms with Crippen molar-refractivity contribution in [3.8, 4) is 42.7 Å². The molecule has 0 aliphatic rings. The first kappa shape index (κ1) is 24.9. The van der Waals surface area contributed by atoms with Gasteiger partial charge in [-0.15, -0.1) is 0 Å². The second kappa shape index (κ2) is 8.73. The molecule has 0 unspecified atom stereocenters. The molecule has 0 aliphatic heterocycles. The van der Waals surface area contributed by atoms with Gasteiger partial charge in [0.2, 0.25) is 0 Å². The molecule has 0 rings (SSSR count). The molecule has 0 spiro atoms. The molecule has 0 aromatic rings. The van der Waals surface area contributed by atoms with Crippen molar-refractivity contribution in [2.45, 2.75) is 73.7 Å². The van der Waals surface area contributed by atoms with Gasteiger partial charge in [0.1, 0.15) is 0 Å². The van der Waals surface area contributed by atoms with E-state index in [9.17, 15) is 0 Å². The summed E-state index contributed by atoms with van der Waals surface area (Å²) in [5.41, 5.74) is 24.8. The molecular weight excluding hydrogens is 471 g/mol. The molecule has 0 nitrogen and oxygen atoms in total. The van der Waals surface area contributed by atoms with Crippen LogP contribution in [0.25, 0.3) is 0 Å². The monoisotopic (exact) mass is 508 g/mol. The Morgan fingerprint density at radius 3 is 1.00 bits per heavy atom. The zero-order valence-corrected chi connectivity index (χ0v) is 25.4. The third-order valence-electron chi connectivity index (χ3n) is 2.88. The Morgan fingerprint density at radius 1 is 0.440 bits per heavy atom. The molecule has 0 aliphatic carbocycles. The third kappa shape index (κ3) is 14.7. The summed E-state index contributed by atoms with van der Waals surface area (Å²) in [6, 6.07) is 0. The van der Waals surface area contributed by atoms with Crippen LogP contribution in [-0.2, 0) is 0 Å². The normalized spacial score (nSPS) is 12.3. The Morgan fingerprint density at radius 2 is 0.720 bits per heavy atom. The summed E-state index contributed by atoms with van der Waals surface area (Å²) in [5.74, 6) is 0. The maximum absolute atomic E-state index is 3.58. The summed E-state index contributed by atoms with van der Waals surface area (Å²) >= 11 is -2.02. The molecular formula is C20H36Si4Sn. The Kier molecular flexibility index (Phi) is 8.70. The molecule has 0 atom stereocenters. The number of rotatable bonds is 0. The minimum absolute atomic E-state index is 1.32. The molecule has 0 saturated carbocycles. The zero-order valence-electron chi connectivity index (χ0n) is 18.5. The molecule has 0 aromatic heterocycles. The fourth-order valence-electron chi connectivity index (χ4n) is 1.41. The average Bonchev–Trinajstić information content (AvgIpc) is 2.39. The van der Waals surface area contributed by atoms with Gasteiger partial charge in [0.05, 0.1) is 0 Å². The van der Waals surface area contributed by atoms with Crippen LogP contribution in [0.4, 0.5) is 0 Å².